The number of halogens is 1. The molecular formula is C15H18BBrN2O2. The molecule has 1 aliphatic rings. The van der Waals surface area contributed by atoms with E-state index in [1.54, 1.807) is 6.20 Å². The number of benzene rings is 1. The van der Waals surface area contributed by atoms with Gasteiger partial charge in [-0.15, -0.1) is 0 Å². The molecule has 2 heterocycles. The van der Waals surface area contributed by atoms with Crippen LogP contribution in [0, 0.1) is 0 Å². The van der Waals surface area contributed by atoms with E-state index in [1.807, 2.05) is 35.1 Å². The molecule has 0 saturated carbocycles. The predicted octanol–water partition coefficient (Wildman–Crippen LogP) is 2.93. The van der Waals surface area contributed by atoms with Crippen molar-refractivity contribution < 1.29 is 9.31 Å². The highest BCUT2D eigenvalue weighted by Crippen LogP contribution is 2.37. The molecule has 0 aliphatic carbocycles. The Balaban J connectivity index is 2.05. The van der Waals surface area contributed by atoms with Crippen LogP contribution in [-0.2, 0) is 9.31 Å². The summed E-state index contributed by atoms with van der Waals surface area (Å²) in [5, 5.41) is 4.31. The van der Waals surface area contributed by atoms with Gasteiger partial charge in [0.05, 0.1) is 16.9 Å². The number of nitrogens with zero attached hydrogens (tertiary/aromatic N) is 2. The van der Waals surface area contributed by atoms with Gasteiger partial charge in [-0.1, -0.05) is 15.9 Å². The fourth-order valence-electron chi connectivity index (χ4n) is 2.30. The average molecular weight is 349 g/mol. The molecule has 0 atom stereocenters. The normalized spacial score (nSPS) is 20.0. The molecule has 0 spiro atoms. The first-order valence-corrected chi connectivity index (χ1v) is 7.75. The van der Waals surface area contributed by atoms with E-state index in [9.17, 15) is 0 Å². The average Bonchev–Trinajstić information content (AvgIpc) is 2.97. The quantitative estimate of drug-likeness (QED) is 0.783. The summed E-state index contributed by atoms with van der Waals surface area (Å²) in [5.74, 6) is 0. The van der Waals surface area contributed by atoms with Crippen LogP contribution in [0.3, 0.4) is 0 Å². The highest BCUT2D eigenvalue weighted by atomic mass is 79.9. The van der Waals surface area contributed by atoms with Crippen LogP contribution in [0.1, 0.15) is 27.7 Å². The van der Waals surface area contributed by atoms with Crippen molar-refractivity contribution in [1.29, 1.82) is 0 Å². The van der Waals surface area contributed by atoms with Crippen molar-refractivity contribution in [3.63, 3.8) is 0 Å². The van der Waals surface area contributed by atoms with Crippen LogP contribution < -0.4 is 5.46 Å². The van der Waals surface area contributed by atoms with Gasteiger partial charge < -0.3 is 9.31 Å². The van der Waals surface area contributed by atoms with Gasteiger partial charge in [0, 0.05) is 22.3 Å². The standard InChI is InChI=1S/C15H18BBrN2O2/c1-14(2)15(3,4)21-16(20-14)12-10-11(17)6-7-13(12)19-9-5-8-18-19/h5-10H,1-4H3. The van der Waals surface area contributed by atoms with Crippen molar-refractivity contribution in [2.75, 3.05) is 0 Å². The SMILES string of the molecule is CC1(C)OB(c2cc(Br)ccc2-n2cccn2)OC1(C)C. The zero-order chi connectivity index (χ0) is 15.3. The number of hydrogen-bond acceptors (Lipinski definition) is 3. The van der Waals surface area contributed by atoms with E-state index in [-0.39, 0.29) is 11.2 Å². The van der Waals surface area contributed by atoms with Gasteiger partial charge in [0.1, 0.15) is 0 Å². The second kappa shape index (κ2) is 4.97. The molecule has 1 aliphatic heterocycles. The van der Waals surface area contributed by atoms with E-state index in [0.29, 0.717) is 0 Å². The highest BCUT2D eigenvalue weighted by molar-refractivity contribution is 9.10. The molecule has 0 amide bonds. The molecule has 1 aromatic carbocycles. The molecular weight excluding hydrogens is 331 g/mol. The van der Waals surface area contributed by atoms with Gasteiger partial charge in [0.25, 0.3) is 0 Å². The molecule has 0 radical (unpaired) electrons. The van der Waals surface area contributed by atoms with Crippen LogP contribution >= 0.6 is 15.9 Å². The topological polar surface area (TPSA) is 36.3 Å². The molecule has 21 heavy (non-hydrogen) atoms. The van der Waals surface area contributed by atoms with Crippen LogP contribution in [0.4, 0.5) is 0 Å². The van der Waals surface area contributed by atoms with E-state index < -0.39 is 7.12 Å². The fourth-order valence-corrected chi connectivity index (χ4v) is 2.68. The summed E-state index contributed by atoms with van der Waals surface area (Å²) in [4.78, 5) is 0. The second-order valence-corrected chi connectivity index (χ2v) is 7.16. The maximum Gasteiger partial charge on any atom is 0.497 e. The van der Waals surface area contributed by atoms with Gasteiger partial charge in [0.2, 0.25) is 0 Å². The van der Waals surface area contributed by atoms with Crippen molar-refractivity contribution >= 4 is 28.5 Å². The first kappa shape index (κ1) is 14.8. The van der Waals surface area contributed by atoms with E-state index in [2.05, 4.69) is 48.7 Å². The minimum atomic E-state index is -0.410. The van der Waals surface area contributed by atoms with E-state index >= 15 is 0 Å². The smallest absolute Gasteiger partial charge is 0.399 e. The maximum absolute atomic E-state index is 6.16. The lowest BCUT2D eigenvalue weighted by Crippen LogP contribution is -2.41. The van der Waals surface area contributed by atoms with Gasteiger partial charge in [-0.05, 0) is 52.0 Å². The number of rotatable bonds is 2. The van der Waals surface area contributed by atoms with Crippen molar-refractivity contribution in [1.82, 2.24) is 9.78 Å². The van der Waals surface area contributed by atoms with Crippen LogP contribution in [0.5, 0.6) is 0 Å². The van der Waals surface area contributed by atoms with Gasteiger partial charge >= 0.3 is 7.12 Å². The van der Waals surface area contributed by atoms with Gasteiger partial charge in [-0.3, -0.25) is 0 Å². The Morgan fingerprint density at radius 1 is 1.14 bits per heavy atom. The number of hydrogen-bond donors (Lipinski definition) is 0. The lowest BCUT2D eigenvalue weighted by molar-refractivity contribution is 0.00578. The summed E-state index contributed by atoms with van der Waals surface area (Å²) in [6.45, 7) is 8.22. The van der Waals surface area contributed by atoms with Gasteiger partial charge in [0.15, 0.2) is 0 Å². The van der Waals surface area contributed by atoms with E-state index in [0.717, 1.165) is 15.6 Å². The lowest BCUT2D eigenvalue weighted by atomic mass is 9.78. The summed E-state index contributed by atoms with van der Waals surface area (Å²) in [6, 6.07) is 7.93. The first-order valence-electron chi connectivity index (χ1n) is 6.95. The summed E-state index contributed by atoms with van der Waals surface area (Å²) >= 11 is 3.52. The Labute approximate surface area is 133 Å². The summed E-state index contributed by atoms with van der Waals surface area (Å²) < 4.78 is 15.1. The van der Waals surface area contributed by atoms with Crippen LogP contribution in [0.2, 0.25) is 0 Å². The predicted molar refractivity (Wildman–Crippen MR) is 87.0 cm³/mol. The third-order valence-electron chi connectivity index (χ3n) is 4.25. The Morgan fingerprint density at radius 3 is 2.38 bits per heavy atom. The Hall–Kier alpha value is -1.11. The molecule has 1 fully saturated rings. The van der Waals surface area contributed by atoms with Crippen molar-refractivity contribution in [2.45, 2.75) is 38.9 Å². The maximum atomic E-state index is 6.16. The molecule has 6 heteroatoms. The van der Waals surface area contributed by atoms with E-state index in [1.165, 1.54) is 0 Å². The Morgan fingerprint density at radius 2 is 1.81 bits per heavy atom. The molecule has 0 N–H and O–H groups in total. The zero-order valence-electron chi connectivity index (χ0n) is 12.6. The molecule has 0 unspecified atom stereocenters. The van der Waals surface area contributed by atoms with Crippen LogP contribution in [-0.4, -0.2) is 28.1 Å². The Bertz CT molecular complexity index is 640. The molecule has 3 rings (SSSR count). The molecule has 1 aromatic heterocycles. The molecule has 2 aromatic rings. The lowest BCUT2D eigenvalue weighted by Gasteiger charge is -2.32. The largest absolute Gasteiger partial charge is 0.497 e. The number of aromatic nitrogens is 2. The summed E-state index contributed by atoms with van der Waals surface area (Å²) in [7, 11) is -0.410. The first-order chi connectivity index (χ1) is 9.80. The molecule has 110 valence electrons. The molecule has 1 saturated heterocycles. The highest BCUT2D eigenvalue weighted by Gasteiger charge is 2.52. The molecule has 4 nitrogen and oxygen atoms in total. The van der Waals surface area contributed by atoms with Gasteiger partial charge in [-0.2, -0.15) is 5.10 Å². The minimum Gasteiger partial charge on any atom is -0.399 e. The monoisotopic (exact) mass is 348 g/mol. The van der Waals surface area contributed by atoms with Crippen molar-refractivity contribution in [3.8, 4) is 5.69 Å². The van der Waals surface area contributed by atoms with Crippen molar-refractivity contribution in [2.24, 2.45) is 0 Å². The second-order valence-electron chi connectivity index (χ2n) is 6.24. The fraction of sp³-hybridized carbons (Fsp3) is 0.400. The van der Waals surface area contributed by atoms with E-state index in [4.69, 9.17) is 9.31 Å². The minimum absolute atomic E-state index is 0.360. The Kier molecular flexibility index (Phi) is 3.51. The third kappa shape index (κ3) is 2.56. The van der Waals surface area contributed by atoms with Crippen LogP contribution in [0.25, 0.3) is 5.69 Å². The molecule has 0 bridgehead atoms. The summed E-state index contributed by atoms with van der Waals surface area (Å²) in [6.07, 6.45) is 3.67. The third-order valence-corrected chi connectivity index (χ3v) is 4.74. The van der Waals surface area contributed by atoms with Gasteiger partial charge in [-0.25, -0.2) is 4.68 Å². The van der Waals surface area contributed by atoms with Crippen LogP contribution in [0.15, 0.2) is 41.1 Å². The zero-order valence-corrected chi connectivity index (χ0v) is 14.2. The summed E-state index contributed by atoms with van der Waals surface area (Å²) in [5.41, 5.74) is 1.20. The van der Waals surface area contributed by atoms with Crippen molar-refractivity contribution in [3.05, 3.63) is 41.1 Å².